The highest BCUT2D eigenvalue weighted by atomic mass is 32.1. The first-order chi connectivity index (χ1) is 11.6. The summed E-state index contributed by atoms with van der Waals surface area (Å²) in [6.07, 6.45) is 2.80. The molecule has 0 unspecified atom stereocenters. The minimum absolute atomic E-state index is 0.155. The first-order valence-electron chi connectivity index (χ1n) is 7.72. The molecule has 0 radical (unpaired) electrons. The van der Waals surface area contributed by atoms with E-state index in [1.165, 1.54) is 11.3 Å². The Balaban J connectivity index is 1.56. The summed E-state index contributed by atoms with van der Waals surface area (Å²) in [6, 6.07) is 3.62. The fourth-order valence-corrected chi connectivity index (χ4v) is 3.45. The maximum atomic E-state index is 12.2. The van der Waals surface area contributed by atoms with Gasteiger partial charge in [0.25, 0.3) is 0 Å². The van der Waals surface area contributed by atoms with Crippen LogP contribution in [0.5, 0.6) is 0 Å². The maximum absolute atomic E-state index is 12.2. The number of hydrogen-bond donors (Lipinski definition) is 2. The third-order valence-electron chi connectivity index (χ3n) is 4.22. The largest absolute Gasteiger partial charge is 0.462 e. The SMILES string of the molecule is NC(=O)C1(CNC(=O)Cc2csc(-c3ccco3)n2)CCOCC1. The zero-order chi connectivity index (χ0) is 17.0. The summed E-state index contributed by atoms with van der Waals surface area (Å²) in [6.45, 7) is 1.20. The van der Waals surface area contributed by atoms with Gasteiger partial charge in [-0.15, -0.1) is 11.3 Å². The number of nitrogens with one attached hydrogen (secondary N) is 1. The van der Waals surface area contributed by atoms with Crippen molar-refractivity contribution < 1.29 is 18.7 Å². The predicted octanol–water partition coefficient (Wildman–Crippen LogP) is 1.34. The first kappa shape index (κ1) is 16.7. The van der Waals surface area contributed by atoms with Crippen LogP contribution in [0.3, 0.4) is 0 Å². The van der Waals surface area contributed by atoms with E-state index >= 15 is 0 Å². The van der Waals surface area contributed by atoms with E-state index in [4.69, 9.17) is 14.9 Å². The number of amides is 2. The molecule has 1 aliphatic rings. The number of nitrogens with zero attached hydrogens (tertiary/aromatic N) is 1. The van der Waals surface area contributed by atoms with Crippen LogP contribution in [0.4, 0.5) is 0 Å². The van der Waals surface area contributed by atoms with Crippen LogP contribution in [0.1, 0.15) is 18.5 Å². The molecular weight excluding hydrogens is 330 g/mol. The van der Waals surface area contributed by atoms with Crippen molar-refractivity contribution in [3.63, 3.8) is 0 Å². The Bertz CT molecular complexity index is 705. The molecule has 2 aromatic heterocycles. The molecule has 0 spiro atoms. The summed E-state index contributed by atoms with van der Waals surface area (Å²) in [7, 11) is 0. The third-order valence-corrected chi connectivity index (χ3v) is 5.13. The van der Waals surface area contributed by atoms with Crippen LogP contribution in [0.15, 0.2) is 28.2 Å². The van der Waals surface area contributed by atoms with Crippen molar-refractivity contribution in [1.82, 2.24) is 10.3 Å². The van der Waals surface area contributed by atoms with Gasteiger partial charge in [-0.2, -0.15) is 0 Å². The van der Waals surface area contributed by atoms with E-state index in [1.54, 1.807) is 12.3 Å². The number of primary amides is 1. The number of furan rings is 1. The maximum Gasteiger partial charge on any atom is 0.226 e. The lowest BCUT2D eigenvalue weighted by Crippen LogP contribution is -2.49. The van der Waals surface area contributed by atoms with Crippen molar-refractivity contribution in [1.29, 1.82) is 0 Å². The summed E-state index contributed by atoms with van der Waals surface area (Å²) in [5, 5.41) is 5.38. The molecule has 128 valence electrons. The Hall–Kier alpha value is -2.19. The van der Waals surface area contributed by atoms with E-state index in [2.05, 4.69) is 10.3 Å². The number of hydrogen-bond acceptors (Lipinski definition) is 6. The number of carbonyl (C=O) groups is 2. The monoisotopic (exact) mass is 349 g/mol. The quantitative estimate of drug-likeness (QED) is 0.818. The second kappa shape index (κ2) is 7.14. The van der Waals surface area contributed by atoms with Crippen LogP contribution in [0.2, 0.25) is 0 Å². The zero-order valence-electron chi connectivity index (χ0n) is 13.1. The van der Waals surface area contributed by atoms with Gasteiger partial charge in [-0.25, -0.2) is 4.98 Å². The van der Waals surface area contributed by atoms with Gasteiger partial charge >= 0.3 is 0 Å². The van der Waals surface area contributed by atoms with Crippen molar-refractivity contribution in [3.05, 3.63) is 29.5 Å². The fourth-order valence-electron chi connectivity index (χ4n) is 2.67. The molecule has 3 N–H and O–H groups in total. The van der Waals surface area contributed by atoms with E-state index < -0.39 is 5.41 Å². The molecule has 1 aliphatic heterocycles. The van der Waals surface area contributed by atoms with E-state index in [0.29, 0.717) is 37.5 Å². The smallest absolute Gasteiger partial charge is 0.226 e. The normalized spacial score (nSPS) is 16.7. The zero-order valence-corrected chi connectivity index (χ0v) is 13.9. The number of nitrogens with two attached hydrogens (primary N) is 1. The summed E-state index contributed by atoms with van der Waals surface area (Å²) in [4.78, 5) is 28.3. The van der Waals surface area contributed by atoms with Gasteiger partial charge in [-0.05, 0) is 25.0 Å². The molecule has 0 aliphatic carbocycles. The molecule has 24 heavy (non-hydrogen) atoms. The molecule has 8 heteroatoms. The lowest BCUT2D eigenvalue weighted by atomic mass is 9.79. The Morgan fingerprint density at radius 3 is 2.83 bits per heavy atom. The van der Waals surface area contributed by atoms with Gasteiger partial charge < -0.3 is 20.2 Å². The van der Waals surface area contributed by atoms with Crippen LogP contribution in [0.25, 0.3) is 10.8 Å². The Morgan fingerprint density at radius 2 is 2.17 bits per heavy atom. The Labute approximate surface area is 143 Å². The molecule has 3 heterocycles. The van der Waals surface area contributed by atoms with Gasteiger partial charge in [0.05, 0.1) is 23.8 Å². The minimum atomic E-state index is -0.713. The topological polar surface area (TPSA) is 107 Å². The third kappa shape index (κ3) is 3.65. The first-order valence-corrected chi connectivity index (χ1v) is 8.60. The Morgan fingerprint density at radius 1 is 1.38 bits per heavy atom. The number of aromatic nitrogens is 1. The second-order valence-corrected chi connectivity index (χ2v) is 6.69. The van der Waals surface area contributed by atoms with Gasteiger partial charge in [-0.3, -0.25) is 9.59 Å². The Kier molecular flexibility index (Phi) is 4.96. The van der Waals surface area contributed by atoms with E-state index in [0.717, 1.165) is 5.01 Å². The number of rotatable bonds is 6. The van der Waals surface area contributed by atoms with Crippen LogP contribution < -0.4 is 11.1 Å². The lowest BCUT2D eigenvalue weighted by Gasteiger charge is -2.34. The molecule has 0 aromatic carbocycles. The minimum Gasteiger partial charge on any atom is -0.462 e. The number of thiazole rings is 1. The van der Waals surface area contributed by atoms with Crippen molar-refractivity contribution in [2.24, 2.45) is 11.1 Å². The molecular formula is C16H19N3O4S. The van der Waals surface area contributed by atoms with E-state index in [1.807, 2.05) is 11.4 Å². The van der Waals surface area contributed by atoms with Crippen molar-refractivity contribution >= 4 is 23.2 Å². The van der Waals surface area contributed by atoms with E-state index in [9.17, 15) is 9.59 Å². The van der Waals surface area contributed by atoms with E-state index in [-0.39, 0.29) is 24.8 Å². The molecule has 7 nitrogen and oxygen atoms in total. The average molecular weight is 349 g/mol. The highest BCUT2D eigenvalue weighted by Gasteiger charge is 2.38. The molecule has 2 amide bonds. The summed E-state index contributed by atoms with van der Waals surface area (Å²) < 4.78 is 10.6. The van der Waals surface area contributed by atoms with Gasteiger partial charge in [0.15, 0.2) is 10.8 Å². The van der Waals surface area contributed by atoms with Crippen LogP contribution in [-0.2, 0) is 20.7 Å². The molecule has 1 saturated heterocycles. The molecule has 1 fully saturated rings. The molecule has 0 bridgehead atoms. The van der Waals surface area contributed by atoms with Gasteiger partial charge in [-0.1, -0.05) is 0 Å². The second-order valence-electron chi connectivity index (χ2n) is 5.83. The fraction of sp³-hybridized carbons (Fsp3) is 0.438. The average Bonchev–Trinajstić information content (AvgIpc) is 3.25. The van der Waals surface area contributed by atoms with Gasteiger partial charge in [0.2, 0.25) is 11.8 Å². The predicted molar refractivity (Wildman–Crippen MR) is 88.2 cm³/mol. The summed E-state index contributed by atoms with van der Waals surface area (Å²) >= 11 is 1.42. The molecule has 3 rings (SSSR count). The van der Waals surface area contributed by atoms with Crippen LogP contribution >= 0.6 is 11.3 Å². The highest BCUT2D eigenvalue weighted by Crippen LogP contribution is 2.29. The van der Waals surface area contributed by atoms with Crippen LogP contribution in [0, 0.1) is 5.41 Å². The molecule has 2 aromatic rings. The van der Waals surface area contributed by atoms with Crippen molar-refractivity contribution in [3.8, 4) is 10.8 Å². The lowest BCUT2D eigenvalue weighted by molar-refractivity contribution is -0.133. The molecule has 0 atom stereocenters. The van der Waals surface area contributed by atoms with Crippen molar-refractivity contribution in [2.45, 2.75) is 19.3 Å². The summed E-state index contributed by atoms with van der Waals surface area (Å²) in [5.41, 5.74) is 5.49. The van der Waals surface area contributed by atoms with Gasteiger partial charge in [0, 0.05) is 25.1 Å². The molecule has 0 saturated carbocycles. The summed E-state index contributed by atoms with van der Waals surface area (Å²) in [5.74, 6) is 0.111. The highest BCUT2D eigenvalue weighted by molar-refractivity contribution is 7.13. The van der Waals surface area contributed by atoms with Gasteiger partial charge in [0.1, 0.15) is 0 Å². The standard InChI is InChI=1S/C16H19N3O4S/c17-15(21)16(3-6-22-7-4-16)10-18-13(20)8-11-9-24-14(19-11)12-2-1-5-23-12/h1-2,5,9H,3-4,6-8,10H2,(H2,17,21)(H,18,20). The van der Waals surface area contributed by atoms with Crippen LogP contribution in [-0.4, -0.2) is 36.6 Å². The number of ether oxygens (including phenoxy) is 1. The number of carbonyl (C=O) groups excluding carboxylic acids is 2. The van der Waals surface area contributed by atoms with Crippen molar-refractivity contribution in [2.75, 3.05) is 19.8 Å².